The van der Waals surface area contributed by atoms with Crippen LogP contribution in [0.15, 0.2) is 35.0 Å². The second-order valence-electron chi connectivity index (χ2n) is 5.91. The van der Waals surface area contributed by atoms with Gasteiger partial charge in [0, 0.05) is 30.5 Å². The van der Waals surface area contributed by atoms with Gasteiger partial charge in [0.1, 0.15) is 5.83 Å². The van der Waals surface area contributed by atoms with Gasteiger partial charge in [-0.1, -0.05) is 17.7 Å². The number of sulfone groups is 1. The van der Waals surface area contributed by atoms with Crippen LogP contribution >= 0.6 is 11.6 Å². The van der Waals surface area contributed by atoms with Gasteiger partial charge in [0.25, 0.3) is 0 Å². The van der Waals surface area contributed by atoms with Crippen LogP contribution < -0.4 is 5.73 Å². The number of allylic oxidation sites excluding steroid dienone is 1. The number of nitrogens with two attached hydrogens (primary N) is 1. The fourth-order valence-electron chi connectivity index (χ4n) is 2.64. The summed E-state index contributed by atoms with van der Waals surface area (Å²) in [5, 5.41) is 4.57. The average Bonchev–Trinajstić information content (AvgIpc) is 2.74. The van der Waals surface area contributed by atoms with Crippen LogP contribution in [-0.2, 0) is 22.8 Å². The molecule has 2 N–H and O–H groups in total. The number of hydrogen-bond donors (Lipinski definition) is 1. The van der Waals surface area contributed by atoms with Gasteiger partial charge in [0.05, 0.1) is 22.2 Å². The predicted octanol–water partition coefficient (Wildman–Crippen LogP) is 2.96. The van der Waals surface area contributed by atoms with E-state index in [1.807, 2.05) is 13.8 Å². The van der Waals surface area contributed by atoms with Crippen LogP contribution in [-0.4, -0.2) is 31.0 Å². The molecule has 0 radical (unpaired) electrons. The molecule has 0 aliphatic rings. The Labute approximate surface area is 152 Å². The van der Waals surface area contributed by atoms with Crippen LogP contribution in [0.1, 0.15) is 22.5 Å². The third kappa shape index (κ3) is 4.68. The summed E-state index contributed by atoms with van der Waals surface area (Å²) in [5.41, 5.74) is 8.78. The molecular weight excluding hydrogens is 365 g/mol. The van der Waals surface area contributed by atoms with Crippen molar-refractivity contribution in [3.05, 3.63) is 57.6 Å². The summed E-state index contributed by atoms with van der Waals surface area (Å²) in [6, 6.07) is 4.88. The molecule has 0 aliphatic carbocycles. The van der Waals surface area contributed by atoms with Crippen molar-refractivity contribution < 1.29 is 12.8 Å². The van der Waals surface area contributed by atoms with Crippen molar-refractivity contribution in [2.24, 2.45) is 5.73 Å². The standard InChI is InChI=1S/C17H21ClFN3O2S/c1-11-15(12(2)22(21-11)10-14(19)6-7-20)8-13-4-5-17(16(18)9-13)25(3,23)24/h4-6,9H,7-8,10,20H2,1-3H3/b14-6-. The average molecular weight is 386 g/mol. The van der Waals surface area contributed by atoms with Crippen LogP contribution in [0.3, 0.4) is 0 Å². The number of rotatable bonds is 6. The Morgan fingerprint density at radius 2 is 2.08 bits per heavy atom. The minimum absolute atomic E-state index is 0.0393. The summed E-state index contributed by atoms with van der Waals surface area (Å²) in [6.45, 7) is 3.91. The molecule has 5 nitrogen and oxygen atoms in total. The molecule has 0 saturated carbocycles. The minimum Gasteiger partial charge on any atom is -0.327 e. The lowest BCUT2D eigenvalue weighted by Crippen LogP contribution is -2.05. The van der Waals surface area contributed by atoms with Crippen molar-refractivity contribution in [1.82, 2.24) is 9.78 Å². The van der Waals surface area contributed by atoms with Gasteiger partial charge < -0.3 is 5.73 Å². The Kier molecular flexibility index (Phi) is 6.03. The first-order chi connectivity index (χ1) is 11.6. The summed E-state index contributed by atoms with van der Waals surface area (Å²) >= 11 is 6.10. The molecule has 0 spiro atoms. The topological polar surface area (TPSA) is 78.0 Å². The summed E-state index contributed by atoms with van der Waals surface area (Å²) in [6.07, 6.45) is 2.97. The molecule has 0 atom stereocenters. The number of aryl methyl sites for hydroxylation is 1. The molecule has 0 bridgehead atoms. The second-order valence-corrected chi connectivity index (χ2v) is 8.30. The summed E-state index contributed by atoms with van der Waals surface area (Å²) < 4.78 is 38.6. The van der Waals surface area contributed by atoms with E-state index in [1.165, 1.54) is 12.1 Å². The van der Waals surface area contributed by atoms with Gasteiger partial charge in [0.2, 0.25) is 0 Å². The first-order valence-electron chi connectivity index (χ1n) is 7.69. The Morgan fingerprint density at radius 3 is 2.64 bits per heavy atom. The van der Waals surface area contributed by atoms with Gasteiger partial charge in [-0.25, -0.2) is 12.8 Å². The first kappa shape index (κ1) is 19.6. The fraction of sp³-hybridized carbons (Fsp3) is 0.353. The molecule has 8 heteroatoms. The highest BCUT2D eigenvalue weighted by atomic mass is 35.5. The smallest absolute Gasteiger partial charge is 0.176 e. The third-order valence-electron chi connectivity index (χ3n) is 3.95. The van der Waals surface area contributed by atoms with Gasteiger partial charge in [-0.15, -0.1) is 0 Å². The normalized spacial score (nSPS) is 12.6. The van der Waals surface area contributed by atoms with E-state index >= 15 is 0 Å². The summed E-state index contributed by atoms with van der Waals surface area (Å²) in [7, 11) is -3.36. The highest BCUT2D eigenvalue weighted by molar-refractivity contribution is 7.90. The maximum Gasteiger partial charge on any atom is 0.176 e. The van der Waals surface area contributed by atoms with Crippen LogP contribution in [0, 0.1) is 13.8 Å². The van der Waals surface area contributed by atoms with Crippen molar-refractivity contribution in [1.29, 1.82) is 0 Å². The van der Waals surface area contributed by atoms with Crippen molar-refractivity contribution in [3.8, 4) is 0 Å². The fourth-order valence-corrected chi connectivity index (χ4v) is 3.99. The van der Waals surface area contributed by atoms with Gasteiger partial charge >= 0.3 is 0 Å². The van der Waals surface area contributed by atoms with E-state index in [9.17, 15) is 12.8 Å². The quantitative estimate of drug-likeness (QED) is 0.829. The van der Waals surface area contributed by atoms with E-state index in [0.29, 0.717) is 6.42 Å². The Balaban J connectivity index is 2.31. The van der Waals surface area contributed by atoms with E-state index in [1.54, 1.807) is 16.8 Å². The number of nitrogens with zero attached hydrogens (tertiary/aromatic N) is 2. The highest BCUT2D eigenvalue weighted by Crippen LogP contribution is 2.25. The van der Waals surface area contributed by atoms with Gasteiger partial charge in [-0.3, -0.25) is 4.68 Å². The van der Waals surface area contributed by atoms with Gasteiger partial charge in [-0.05, 0) is 37.6 Å². The summed E-state index contributed by atoms with van der Waals surface area (Å²) in [4.78, 5) is 0.107. The number of hydrogen-bond acceptors (Lipinski definition) is 4. The monoisotopic (exact) mass is 385 g/mol. The van der Waals surface area contributed by atoms with Crippen molar-refractivity contribution >= 4 is 21.4 Å². The van der Waals surface area contributed by atoms with Gasteiger partial charge in [-0.2, -0.15) is 5.10 Å². The zero-order valence-corrected chi connectivity index (χ0v) is 16.0. The molecule has 0 fully saturated rings. The van der Waals surface area contributed by atoms with Crippen molar-refractivity contribution in [3.63, 3.8) is 0 Å². The van der Waals surface area contributed by atoms with Crippen LogP contribution in [0.5, 0.6) is 0 Å². The van der Waals surface area contributed by atoms with E-state index in [-0.39, 0.29) is 28.8 Å². The molecule has 0 aliphatic heterocycles. The zero-order valence-electron chi connectivity index (χ0n) is 14.4. The molecule has 2 rings (SSSR count). The lowest BCUT2D eigenvalue weighted by Gasteiger charge is -2.07. The molecular formula is C17H21ClFN3O2S. The van der Waals surface area contributed by atoms with Crippen molar-refractivity contribution in [2.45, 2.75) is 31.7 Å². The maximum absolute atomic E-state index is 13.7. The highest BCUT2D eigenvalue weighted by Gasteiger charge is 2.16. The zero-order chi connectivity index (χ0) is 18.8. The van der Waals surface area contributed by atoms with E-state index in [4.69, 9.17) is 17.3 Å². The molecule has 1 aromatic carbocycles. The van der Waals surface area contributed by atoms with Crippen molar-refractivity contribution in [2.75, 3.05) is 12.8 Å². The second kappa shape index (κ2) is 7.68. The molecule has 136 valence electrons. The minimum atomic E-state index is -3.36. The lowest BCUT2D eigenvalue weighted by atomic mass is 10.0. The molecule has 25 heavy (non-hydrogen) atoms. The molecule has 1 heterocycles. The molecule has 0 unspecified atom stereocenters. The number of benzene rings is 1. The SMILES string of the molecule is Cc1nn(C/C(F)=C/CN)c(C)c1Cc1ccc(S(C)(=O)=O)c(Cl)c1. The molecule has 2 aromatic rings. The predicted molar refractivity (Wildman–Crippen MR) is 97.3 cm³/mol. The molecule has 1 aromatic heterocycles. The maximum atomic E-state index is 13.7. The van der Waals surface area contributed by atoms with Crippen LogP contribution in [0.2, 0.25) is 5.02 Å². The lowest BCUT2D eigenvalue weighted by molar-refractivity contribution is 0.517. The summed E-state index contributed by atoms with van der Waals surface area (Å²) in [5.74, 6) is -0.333. The first-order valence-corrected chi connectivity index (χ1v) is 9.96. The molecule has 0 amide bonds. The van der Waals surface area contributed by atoms with Gasteiger partial charge in [0.15, 0.2) is 9.84 Å². The van der Waals surface area contributed by atoms with Crippen LogP contribution in [0.4, 0.5) is 4.39 Å². The van der Waals surface area contributed by atoms with E-state index < -0.39 is 9.84 Å². The van der Waals surface area contributed by atoms with E-state index in [0.717, 1.165) is 28.8 Å². The number of halogens is 2. The number of aromatic nitrogens is 2. The Hall–Kier alpha value is -1.70. The Bertz CT molecular complexity index is 920. The third-order valence-corrected chi connectivity index (χ3v) is 5.53. The largest absolute Gasteiger partial charge is 0.327 e. The van der Waals surface area contributed by atoms with Crippen LogP contribution in [0.25, 0.3) is 0 Å². The molecule has 0 saturated heterocycles. The Morgan fingerprint density at radius 1 is 1.40 bits per heavy atom. The van der Waals surface area contributed by atoms with E-state index in [2.05, 4.69) is 5.10 Å².